The van der Waals surface area contributed by atoms with Gasteiger partial charge in [0.1, 0.15) is 31.0 Å². The number of fused-ring (bicyclic) bond motifs is 3. The molecule has 3 unspecified atom stereocenters. The minimum atomic E-state index is -0.361. The van der Waals surface area contributed by atoms with Gasteiger partial charge < -0.3 is 45.6 Å². The highest BCUT2D eigenvalue weighted by atomic mass is 16.4. The first-order valence-electron chi connectivity index (χ1n) is 24.5. The summed E-state index contributed by atoms with van der Waals surface area (Å²) in [4.78, 5) is 54.2. The van der Waals surface area contributed by atoms with Crippen LogP contribution in [-0.4, -0.2) is 130 Å². The van der Waals surface area contributed by atoms with E-state index in [9.17, 15) is 9.59 Å². The van der Waals surface area contributed by atoms with Crippen LogP contribution in [0.3, 0.4) is 0 Å². The lowest BCUT2D eigenvalue weighted by Crippen LogP contribution is -2.38. The number of aliphatic hydroxyl groups is 1. The number of aromatic amines is 1. The number of amides is 1. The summed E-state index contributed by atoms with van der Waals surface area (Å²) >= 11 is 0. The Morgan fingerprint density at radius 3 is 1.93 bits per heavy atom. The van der Waals surface area contributed by atoms with Crippen molar-refractivity contribution in [2.24, 2.45) is 10.7 Å². The molecule has 3 atom stereocenters. The fraction of sp³-hybridized carbons (Fsp3) is 0.556. The van der Waals surface area contributed by atoms with Crippen LogP contribution in [0.5, 0.6) is 0 Å². The van der Waals surface area contributed by atoms with Crippen LogP contribution in [0.2, 0.25) is 0 Å². The number of nitrogens with zero attached hydrogens (tertiary/aromatic N) is 4. The van der Waals surface area contributed by atoms with E-state index in [1.807, 2.05) is 6.79 Å². The number of aliphatic imine (C=N–C) groups is 1. The van der Waals surface area contributed by atoms with Crippen LogP contribution in [0.4, 0.5) is 0 Å². The number of methoxy groups -OCH3 is 1. The molecule has 3 fully saturated rings. The number of nitrogens with one attached hydrogen (secondary N) is 3. The highest BCUT2D eigenvalue weighted by Crippen LogP contribution is 2.55. The minimum Gasteiger partial charge on any atom is -0.389 e. The van der Waals surface area contributed by atoms with Crippen molar-refractivity contribution in [3.8, 4) is 22.4 Å². The van der Waals surface area contributed by atoms with Crippen LogP contribution in [-0.2, 0) is 35.8 Å². The van der Waals surface area contributed by atoms with Crippen molar-refractivity contribution in [3.05, 3.63) is 83.0 Å². The van der Waals surface area contributed by atoms with E-state index in [4.69, 9.17) is 24.7 Å². The lowest BCUT2D eigenvalue weighted by molar-refractivity contribution is -0.113. The van der Waals surface area contributed by atoms with Gasteiger partial charge in [-0.05, 0) is 137 Å². The first-order valence-corrected chi connectivity index (χ1v) is 24.5. The predicted octanol–water partition coefficient (Wildman–Crippen LogP) is 8.00. The molecule has 1 saturated carbocycles. The molecule has 1 amide bonds. The van der Waals surface area contributed by atoms with Crippen molar-refractivity contribution in [3.63, 3.8) is 0 Å². The monoisotopic (exact) mass is 941 g/mol. The number of carbonyl (C=O) groups excluding carboxylic acids is 4. The number of amidine groups is 1. The van der Waals surface area contributed by atoms with Crippen molar-refractivity contribution in [1.29, 1.82) is 0 Å². The zero-order valence-electron chi connectivity index (χ0n) is 42.7. The van der Waals surface area contributed by atoms with E-state index in [1.165, 1.54) is 136 Å². The number of hydrogen-bond donors (Lipinski definition) is 5. The summed E-state index contributed by atoms with van der Waals surface area (Å²) in [6.45, 7) is 12.6. The van der Waals surface area contributed by atoms with Crippen molar-refractivity contribution in [2.75, 3.05) is 61.6 Å². The van der Waals surface area contributed by atoms with E-state index in [-0.39, 0.29) is 19.2 Å². The molecule has 2 aromatic carbocycles. The van der Waals surface area contributed by atoms with Crippen LogP contribution < -0.4 is 16.4 Å². The van der Waals surface area contributed by atoms with Gasteiger partial charge in [-0.3, -0.25) is 19.6 Å². The van der Waals surface area contributed by atoms with Gasteiger partial charge in [0.25, 0.3) is 0 Å². The average molecular weight is 941 g/mol. The molecule has 4 heterocycles. The van der Waals surface area contributed by atoms with Crippen LogP contribution in [0.15, 0.2) is 65.4 Å². The molecule has 0 bridgehead atoms. The van der Waals surface area contributed by atoms with Crippen LogP contribution in [0.1, 0.15) is 133 Å². The molecule has 376 valence electrons. The number of aromatic nitrogens is 2. The second kappa shape index (κ2) is 32.6. The van der Waals surface area contributed by atoms with Gasteiger partial charge in [-0.1, -0.05) is 95.9 Å². The van der Waals surface area contributed by atoms with E-state index in [2.05, 4.69) is 132 Å². The highest BCUT2D eigenvalue weighted by Gasteiger charge is 2.44. The molecule has 3 aromatic rings. The van der Waals surface area contributed by atoms with E-state index in [0.29, 0.717) is 36.5 Å². The Morgan fingerprint density at radius 2 is 1.41 bits per heavy atom. The van der Waals surface area contributed by atoms with Gasteiger partial charge >= 0.3 is 0 Å². The Morgan fingerprint density at radius 1 is 0.853 bits per heavy atom. The largest absolute Gasteiger partial charge is 0.389 e. The van der Waals surface area contributed by atoms with E-state index >= 15 is 0 Å². The number of imidazole rings is 1. The molecule has 3 aliphatic carbocycles. The molecule has 9 rings (SSSR count). The fourth-order valence-electron chi connectivity index (χ4n) is 9.79. The molecule has 6 aliphatic rings. The highest BCUT2D eigenvalue weighted by molar-refractivity contribution is 5.93. The van der Waals surface area contributed by atoms with Crippen LogP contribution >= 0.6 is 0 Å². The number of ether oxygens (including phenoxy) is 1. The second-order valence-electron chi connectivity index (χ2n) is 17.6. The number of allylic oxidation sites excluding steroid dienone is 2. The number of H-pyrrole nitrogens is 1. The summed E-state index contributed by atoms with van der Waals surface area (Å²) < 4.78 is 4.25. The Balaban J connectivity index is 0.000000588. The summed E-state index contributed by atoms with van der Waals surface area (Å²) in [5.74, 6) is 2.30. The van der Waals surface area contributed by atoms with E-state index < -0.39 is 0 Å². The minimum absolute atomic E-state index is 0.115. The number of benzene rings is 2. The molecule has 14 heteroatoms. The fourth-order valence-corrected chi connectivity index (χ4v) is 9.79. The lowest BCUT2D eigenvalue weighted by Gasteiger charge is -2.28. The summed E-state index contributed by atoms with van der Waals surface area (Å²) in [6.07, 6.45) is 24.5. The van der Waals surface area contributed by atoms with Gasteiger partial charge in [0.05, 0.1) is 43.2 Å². The maximum absolute atomic E-state index is 9.34. The van der Waals surface area contributed by atoms with Gasteiger partial charge in [-0.15, -0.1) is 0 Å². The first kappa shape index (κ1) is 59.0. The SMILES string of the molecule is C=O.CCC.CCC.CN.CN1CCCC1C1=NC2CC=C(c3ccc(-c4ccc(-c5cnc(C6CCCN6C)[nH]5)c5c4C4(CCCC4)CC5)cc3)C=C2N1.COC.O=CCNC=O.O=CCO. The first-order chi connectivity index (χ1) is 33.1. The zero-order chi connectivity index (χ0) is 50.5. The van der Waals surface area contributed by atoms with Gasteiger partial charge in [0, 0.05) is 25.5 Å². The number of likely N-dealkylation sites (tertiary alicyclic amines) is 2. The third-order valence-corrected chi connectivity index (χ3v) is 12.5. The topological polar surface area (TPSA) is 195 Å². The molecule has 6 N–H and O–H groups in total. The maximum atomic E-state index is 9.34. The summed E-state index contributed by atoms with van der Waals surface area (Å²) in [5, 5.41) is 13.4. The average Bonchev–Trinajstić information content (AvgIpc) is 4.25. The number of aldehydes is 2. The smallest absolute Gasteiger partial charge is 0.207 e. The normalized spacial score (nSPS) is 20.0. The number of nitrogens with two attached hydrogens (primary N) is 1. The Hall–Kier alpha value is -5.12. The van der Waals surface area contributed by atoms with Crippen molar-refractivity contribution in [2.45, 2.75) is 135 Å². The van der Waals surface area contributed by atoms with Gasteiger partial charge in [0.15, 0.2) is 0 Å². The molecular weight excluding hydrogens is 857 g/mol. The van der Waals surface area contributed by atoms with Crippen molar-refractivity contribution < 1.29 is 29.0 Å². The third-order valence-electron chi connectivity index (χ3n) is 12.5. The van der Waals surface area contributed by atoms with Crippen molar-refractivity contribution >= 4 is 37.2 Å². The summed E-state index contributed by atoms with van der Waals surface area (Å²) in [6, 6.07) is 15.4. The zero-order valence-corrected chi connectivity index (χ0v) is 42.7. The molecule has 3 aliphatic heterocycles. The molecule has 1 aromatic heterocycles. The van der Waals surface area contributed by atoms with Gasteiger partial charge in [0.2, 0.25) is 6.41 Å². The molecule has 2 saturated heterocycles. The number of rotatable bonds is 9. The Kier molecular flexibility index (Phi) is 28.3. The molecule has 0 radical (unpaired) electrons. The third kappa shape index (κ3) is 16.0. The standard InChI is InChI=1S/C39H46N6.C3H5NO2.2C3H8.C2H4O2.C2H6O.CH5N.CH2O/c1-44-21-5-7-34(44)37-40-24-33(43-37)29-15-14-28(36-30(29)17-20-39(36)18-3-4-19-39)26-11-9-25(10-12-26)27-13-16-31-32(23-27)42-38(41-31)35-8-6-22-45(35)2;5-2-1-4-3-6;2*1-3-2;3-1-2-4;1-3-2;2*1-2/h9-15,23-24,31,34-35H,3-8,16-22H2,1-2H3,(H,40,43)(H,41,42);2-3H,1H2,(H,4,6);2*3H2,1-2H3;1,4H,2H2;1-2H3;2H2,1H3;1H2. The van der Waals surface area contributed by atoms with Gasteiger partial charge in [-0.25, -0.2) is 4.98 Å². The number of hydrogen-bond acceptors (Lipinski definition) is 12. The molecule has 1 spiro atoms. The van der Waals surface area contributed by atoms with E-state index in [0.717, 1.165) is 18.8 Å². The second-order valence-corrected chi connectivity index (χ2v) is 17.6. The summed E-state index contributed by atoms with van der Waals surface area (Å²) in [7, 11) is 9.20. The van der Waals surface area contributed by atoms with Crippen LogP contribution in [0.25, 0.3) is 28.0 Å². The molecule has 68 heavy (non-hydrogen) atoms. The number of aliphatic hydroxyl groups excluding tert-OH is 1. The number of likely N-dealkylation sites (N-methyl/N-ethyl adjacent to an activating group) is 1. The lowest BCUT2D eigenvalue weighted by atomic mass is 9.76. The van der Waals surface area contributed by atoms with Crippen molar-refractivity contribution in [1.82, 2.24) is 30.4 Å². The molecule has 14 nitrogen and oxygen atoms in total. The quantitative estimate of drug-likeness (QED) is 0.103. The Bertz CT molecular complexity index is 2010. The van der Waals surface area contributed by atoms with E-state index in [1.54, 1.807) is 25.3 Å². The number of carbonyl (C=O) groups is 4. The van der Waals surface area contributed by atoms with Gasteiger partial charge in [-0.2, -0.15) is 0 Å². The maximum Gasteiger partial charge on any atom is 0.207 e. The molecular formula is C54H84N8O6. The Labute approximate surface area is 407 Å². The predicted molar refractivity (Wildman–Crippen MR) is 279 cm³/mol. The van der Waals surface area contributed by atoms with Crippen LogP contribution in [0, 0.1) is 0 Å². The summed E-state index contributed by atoms with van der Waals surface area (Å²) in [5.41, 5.74) is 17.3.